The number of hydrogen-bond donors (Lipinski definition) is 2. The molecule has 0 spiro atoms. The number of aryl methyl sites for hydroxylation is 4. The second kappa shape index (κ2) is 13.7. The summed E-state index contributed by atoms with van der Waals surface area (Å²) < 4.78 is 5.53. The summed E-state index contributed by atoms with van der Waals surface area (Å²) in [4.78, 5) is 43.5. The maximum Gasteiger partial charge on any atom is 0.408 e. The van der Waals surface area contributed by atoms with Crippen LogP contribution in [-0.2, 0) is 20.7 Å². The van der Waals surface area contributed by atoms with Crippen molar-refractivity contribution in [1.29, 1.82) is 0 Å². The fraction of sp³-hybridized carbons (Fsp3) is 0.400. The Morgan fingerprint density at radius 1 is 0.786 bits per heavy atom. The first-order valence-corrected chi connectivity index (χ1v) is 14.5. The largest absolute Gasteiger partial charge is 0.444 e. The third-order valence-corrected chi connectivity index (χ3v) is 7.15. The first-order valence-electron chi connectivity index (χ1n) is 14.5. The standard InChI is InChI=1S/C35H45N3O4/c1-22(2)38(33(40)28(21-27-19-11-10-12-20-27)36-34(41)42-35(7,8)9)31(29-23(3)15-13-16-24(29)4)32(39)37-30-25(5)17-14-18-26(30)6/h10-20,22,28,31H,21H2,1-9H3,(H,36,41)(H,37,39). The van der Waals surface area contributed by atoms with Crippen LogP contribution in [0.25, 0.3) is 0 Å². The highest BCUT2D eigenvalue weighted by Crippen LogP contribution is 2.32. The van der Waals surface area contributed by atoms with E-state index in [4.69, 9.17) is 4.74 Å². The van der Waals surface area contributed by atoms with E-state index >= 15 is 0 Å². The highest BCUT2D eigenvalue weighted by molar-refractivity contribution is 6.00. The molecule has 0 saturated carbocycles. The highest BCUT2D eigenvalue weighted by Gasteiger charge is 2.39. The van der Waals surface area contributed by atoms with Gasteiger partial charge in [-0.3, -0.25) is 9.59 Å². The number of nitrogens with zero attached hydrogens (tertiary/aromatic N) is 1. The lowest BCUT2D eigenvalue weighted by atomic mass is 9.92. The van der Waals surface area contributed by atoms with Gasteiger partial charge in [0.1, 0.15) is 17.7 Å². The average molecular weight is 572 g/mol. The summed E-state index contributed by atoms with van der Waals surface area (Å²) in [6.45, 7) is 16.9. The van der Waals surface area contributed by atoms with E-state index in [9.17, 15) is 14.4 Å². The Morgan fingerprint density at radius 3 is 1.81 bits per heavy atom. The van der Waals surface area contributed by atoms with Crippen molar-refractivity contribution in [2.45, 2.75) is 92.5 Å². The van der Waals surface area contributed by atoms with Gasteiger partial charge < -0.3 is 20.3 Å². The molecule has 3 aromatic rings. The molecule has 0 fully saturated rings. The molecule has 2 atom stereocenters. The fourth-order valence-corrected chi connectivity index (χ4v) is 5.22. The summed E-state index contributed by atoms with van der Waals surface area (Å²) in [7, 11) is 0. The van der Waals surface area contributed by atoms with Gasteiger partial charge in [0.25, 0.3) is 5.91 Å². The molecule has 3 amide bonds. The minimum Gasteiger partial charge on any atom is -0.444 e. The maximum absolute atomic E-state index is 14.6. The molecule has 2 N–H and O–H groups in total. The van der Waals surface area contributed by atoms with Crippen LogP contribution in [0.15, 0.2) is 66.7 Å². The minimum atomic E-state index is -0.968. The molecule has 2 unspecified atom stereocenters. The molecule has 42 heavy (non-hydrogen) atoms. The molecule has 0 heterocycles. The maximum atomic E-state index is 14.6. The lowest BCUT2D eigenvalue weighted by Crippen LogP contribution is -2.55. The second-order valence-electron chi connectivity index (χ2n) is 12.2. The molecule has 0 saturated heterocycles. The molecule has 3 rings (SSSR count). The molecular weight excluding hydrogens is 526 g/mol. The molecule has 0 aromatic heterocycles. The van der Waals surface area contributed by atoms with Crippen LogP contribution < -0.4 is 10.6 Å². The van der Waals surface area contributed by atoms with Crippen LogP contribution in [0.5, 0.6) is 0 Å². The molecule has 0 aliphatic heterocycles. The zero-order valence-electron chi connectivity index (χ0n) is 26.4. The van der Waals surface area contributed by atoms with Gasteiger partial charge in [0.15, 0.2) is 0 Å². The summed E-state index contributed by atoms with van der Waals surface area (Å²) in [6, 6.07) is 18.9. The molecular formula is C35H45N3O4. The SMILES string of the molecule is Cc1cccc(C)c1NC(=O)C(c1c(C)cccc1C)N(C(=O)C(Cc1ccccc1)NC(=O)OC(C)(C)C)C(C)C. The van der Waals surface area contributed by atoms with Crippen molar-refractivity contribution in [3.8, 4) is 0 Å². The molecule has 3 aromatic carbocycles. The summed E-state index contributed by atoms with van der Waals surface area (Å²) in [5.41, 5.74) is 5.28. The lowest BCUT2D eigenvalue weighted by molar-refractivity contribution is -0.143. The summed E-state index contributed by atoms with van der Waals surface area (Å²) in [5, 5.41) is 5.95. The van der Waals surface area contributed by atoms with Crippen LogP contribution in [-0.4, -0.2) is 40.5 Å². The van der Waals surface area contributed by atoms with Crippen molar-refractivity contribution in [2.75, 3.05) is 5.32 Å². The lowest BCUT2D eigenvalue weighted by Gasteiger charge is -2.38. The number of nitrogens with one attached hydrogen (secondary N) is 2. The van der Waals surface area contributed by atoms with E-state index in [1.807, 2.05) is 108 Å². The highest BCUT2D eigenvalue weighted by atomic mass is 16.6. The first kappa shape index (κ1) is 32.4. The van der Waals surface area contributed by atoms with Crippen molar-refractivity contribution in [1.82, 2.24) is 10.2 Å². The number of alkyl carbamates (subject to hydrolysis) is 1. The number of para-hydroxylation sites is 1. The van der Waals surface area contributed by atoms with Gasteiger partial charge in [-0.1, -0.05) is 66.7 Å². The summed E-state index contributed by atoms with van der Waals surface area (Å²) >= 11 is 0. The number of rotatable bonds is 9. The van der Waals surface area contributed by atoms with Crippen molar-refractivity contribution >= 4 is 23.6 Å². The van der Waals surface area contributed by atoms with Crippen LogP contribution in [0, 0.1) is 27.7 Å². The van der Waals surface area contributed by atoms with Crippen LogP contribution in [0.3, 0.4) is 0 Å². The Bertz CT molecular complexity index is 1370. The Kier molecular flexibility index (Phi) is 10.6. The number of anilines is 1. The van der Waals surface area contributed by atoms with Gasteiger partial charge >= 0.3 is 6.09 Å². The number of benzene rings is 3. The minimum absolute atomic E-state index is 0.236. The van der Waals surface area contributed by atoms with E-state index in [2.05, 4.69) is 10.6 Å². The van der Waals surface area contributed by atoms with E-state index in [-0.39, 0.29) is 24.3 Å². The van der Waals surface area contributed by atoms with Crippen LogP contribution in [0.4, 0.5) is 10.5 Å². The summed E-state index contributed by atoms with van der Waals surface area (Å²) in [5.74, 6) is -0.688. The number of hydrogen-bond acceptors (Lipinski definition) is 4. The number of ether oxygens (including phenoxy) is 1. The van der Waals surface area contributed by atoms with Gasteiger partial charge in [0.05, 0.1) is 0 Å². The van der Waals surface area contributed by atoms with Gasteiger partial charge in [0, 0.05) is 18.2 Å². The third kappa shape index (κ3) is 8.21. The molecule has 224 valence electrons. The zero-order chi connectivity index (χ0) is 31.2. The smallest absolute Gasteiger partial charge is 0.408 e. The van der Waals surface area contributed by atoms with Crippen molar-refractivity contribution in [2.24, 2.45) is 0 Å². The molecule has 0 radical (unpaired) electrons. The summed E-state index contributed by atoms with van der Waals surface area (Å²) in [6.07, 6.45) is -0.454. The molecule has 7 heteroatoms. The molecule has 0 bridgehead atoms. The van der Waals surface area contributed by atoms with E-state index < -0.39 is 23.8 Å². The van der Waals surface area contributed by atoms with Gasteiger partial charge in [-0.2, -0.15) is 0 Å². The Labute approximate surface area is 250 Å². The van der Waals surface area contributed by atoms with Gasteiger partial charge in [-0.15, -0.1) is 0 Å². The van der Waals surface area contributed by atoms with Gasteiger partial charge in [0.2, 0.25) is 5.91 Å². The Balaban J connectivity index is 2.13. The van der Waals surface area contributed by atoms with E-state index in [0.717, 1.165) is 39.1 Å². The Hall–Kier alpha value is -4.13. The van der Waals surface area contributed by atoms with Crippen molar-refractivity contribution < 1.29 is 19.1 Å². The van der Waals surface area contributed by atoms with Gasteiger partial charge in [-0.25, -0.2) is 4.79 Å². The fourth-order valence-electron chi connectivity index (χ4n) is 5.22. The zero-order valence-corrected chi connectivity index (χ0v) is 26.4. The van der Waals surface area contributed by atoms with Crippen LogP contribution in [0.2, 0.25) is 0 Å². The third-order valence-electron chi connectivity index (χ3n) is 7.15. The number of carbonyl (C=O) groups excluding carboxylic acids is 3. The van der Waals surface area contributed by atoms with Crippen LogP contribution >= 0.6 is 0 Å². The normalized spacial score (nSPS) is 12.8. The second-order valence-corrected chi connectivity index (χ2v) is 12.2. The first-order chi connectivity index (χ1) is 19.7. The van der Waals surface area contributed by atoms with Gasteiger partial charge in [-0.05, 0) is 95.7 Å². The van der Waals surface area contributed by atoms with Crippen LogP contribution in [0.1, 0.15) is 74.0 Å². The predicted molar refractivity (Wildman–Crippen MR) is 168 cm³/mol. The van der Waals surface area contributed by atoms with Crippen molar-refractivity contribution in [3.05, 3.63) is 100 Å². The average Bonchev–Trinajstić information content (AvgIpc) is 2.88. The molecule has 7 nitrogen and oxygen atoms in total. The quantitative estimate of drug-likeness (QED) is 0.290. The molecule has 0 aliphatic rings. The van der Waals surface area contributed by atoms with E-state index in [1.54, 1.807) is 25.7 Å². The van der Waals surface area contributed by atoms with E-state index in [0.29, 0.717) is 0 Å². The predicted octanol–water partition coefficient (Wildman–Crippen LogP) is 6.97. The number of carbonyl (C=O) groups is 3. The topological polar surface area (TPSA) is 87.7 Å². The van der Waals surface area contributed by atoms with E-state index in [1.165, 1.54) is 0 Å². The Morgan fingerprint density at radius 2 is 1.31 bits per heavy atom. The molecule has 0 aliphatic carbocycles. The number of amides is 3. The monoisotopic (exact) mass is 571 g/mol. The van der Waals surface area contributed by atoms with Crippen molar-refractivity contribution in [3.63, 3.8) is 0 Å².